The summed E-state index contributed by atoms with van der Waals surface area (Å²) in [5.74, 6) is -2.49. The molecule has 3 rings (SSSR count). The first-order chi connectivity index (χ1) is 14.8. The predicted octanol–water partition coefficient (Wildman–Crippen LogP) is -0.685. The van der Waals surface area contributed by atoms with E-state index in [-0.39, 0.29) is 12.2 Å². The molecule has 1 saturated heterocycles. The number of hydrogen-bond acceptors (Lipinski definition) is 6. The van der Waals surface area contributed by atoms with Crippen molar-refractivity contribution in [2.24, 2.45) is 11.7 Å². The lowest BCUT2D eigenvalue weighted by Gasteiger charge is -2.33. The van der Waals surface area contributed by atoms with Gasteiger partial charge in [0, 0.05) is 38.6 Å². The van der Waals surface area contributed by atoms with Crippen molar-refractivity contribution in [2.45, 2.75) is 19.4 Å². The maximum absolute atomic E-state index is 13.6. The molecule has 1 aliphatic rings. The Labute approximate surface area is 182 Å². The molecule has 0 saturated carbocycles. The molecule has 0 aliphatic carbocycles. The molecule has 2 atom stereocenters. The van der Waals surface area contributed by atoms with Gasteiger partial charge in [0.2, 0.25) is 21.8 Å². The monoisotopic (exact) mass is 448 g/mol. The van der Waals surface area contributed by atoms with Gasteiger partial charge in [-0.15, -0.1) is 0 Å². The number of carbonyl (C=O) groups excluding carboxylic acids is 2. The fraction of sp³-hybridized carbons (Fsp3) is 0.450. The van der Waals surface area contributed by atoms with Crippen LogP contribution in [0.2, 0.25) is 0 Å². The normalized spacial score (nSPS) is 17.1. The highest BCUT2D eigenvalue weighted by Crippen LogP contribution is 2.18. The minimum absolute atomic E-state index is 0.210. The number of aromatic nitrogens is 2. The highest BCUT2D eigenvalue weighted by molar-refractivity contribution is 7.89. The number of imidazole rings is 1. The van der Waals surface area contributed by atoms with Crippen molar-refractivity contribution in [2.75, 3.05) is 36.9 Å². The number of nitrogens with two attached hydrogens (primary N) is 1. The van der Waals surface area contributed by atoms with E-state index in [1.807, 2.05) is 30.3 Å². The van der Waals surface area contributed by atoms with Crippen LogP contribution < -0.4 is 16.1 Å². The Balaban J connectivity index is 1.93. The summed E-state index contributed by atoms with van der Waals surface area (Å²) in [6.07, 6.45) is 4.57. The first-order valence-corrected chi connectivity index (χ1v) is 11.7. The number of hydrogen-bond donors (Lipinski definition) is 2. The number of benzene rings is 1. The van der Waals surface area contributed by atoms with Gasteiger partial charge in [0.05, 0.1) is 11.7 Å². The largest absolute Gasteiger partial charge is 0.368 e. The van der Waals surface area contributed by atoms with Gasteiger partial charge in [0.1, 0.15) is 12.4 Å². The molecule has 1 aromatic heterocycles. The molecule has 10 nitrogen and oxygen atoms in total. The Morgan fingerprint density at radius 1 is 1.23 bits per heavy atom. The SMILES string of the molecule is CC(C(N)=O)N(C(=O)C(Cc1ccccc1)CS(=O)(=O)N1CCNCC1)n1ccnc1. The molecule has 1 fully saturated rings. The Bertz CT molecular complexity index is 974. The molecule has 0 bridgehead atoms. The fourth-order valence-electron chi connectivity index (χ4n) is 3.59. The van der Waals surface area contributed by atoms with Gasteiger partial charge in [-0.25, -0.2) is 23.1 Å². The van der Waals surface area contributed by atoms with Crippen LogP contribution in [0.25, 0.3) is 0 Å². The second-order valence-electron chi connectivity index (χ2n) is 7.52. The standard InChI is InChI=1S/C20H28N6O4S/c1-16(19(21)27)26(24-10-7-23-15-24)20(28)18(13-17-5-3-2-4-6-17)14-31(29,30)25-11-8-22-9-12-25/h2-7,10,15-16,18,22H,8-9,11-14H2,1H3,(H2,21,27). The lowest BCUT2D eigenvalue weighted by molar-refractivity contribution is -0.128. The van der Waals surface area contributed by atoms with Crippen LogP contribution in [0.15, 0.2) is 49.1 Å². The molecule has 11 heteroatoms. The second-order valence-corrected chi connectivity index (χ2v) is 9.53. The van der Waals surface area contributed by atoms with Gasteiger partial charge < -0.3 is 11.1 Å². The number of amides is 2. The van der Waals surface area contributed by atoms with Crippen LogP contribution in [0, 0.1) is 5.92 Å². The van der Waals surface area contributed by atoms with E-state index in [0.717, 1.165) is 5.56 Å². The summed E-state index contributed by atoms with van der Waals surface area (Å²) in [6, 6.07) is 8.22. The summed E-state index contributed by atoms with van der Waals surface area (Å²) < 4.78 is 29.0. The molecule has 0 radical (unpaired) electrons. The quantitative estimate of drug-likeness (QED) is 0.522. The van der Waals surface area contributed by atoms with E-state index >= 15 is 0 Å². The van der Waals surface area contributed by atoms with E-state index in [1.165, 1.54) is 39.6 Å². The average molecular weight is 449 g/mol. The van der Waals surface area contributed by atoms with Crippen LogP contribution in [0.4, 0.5) is 0 Å². The summed E-state index contributed by atoms with van der Waals surface area (Å²) in [4.78, 5) is 29.5. The third-order valence-electron chi connectivity index (χ3n) is 5.30. The van der Waals surface area contributed by atoms with Crippen molar-refractivity contribution in [3.8, 4) is 0 Å². The van der Waals surface area contributed by atoms with Gasteiger partial charge in [0.25, 0.3) is 0 Å². The van der Waals surface area contributed by atoms with E-state index in [0.29, 0.717) is 26.2 Å². The molecule has 2 unspecified atom stereocenters. The van der Waals surface area contributed by atoms with Crippen molar-refractivity contribution < 1.29 is 18.0 Å². The predicted molar refractivity (Wildman–Crippen MR) is 116 cm³/mol. The molecule has 0 spiro atoms. The first-order valence-electron chi connectivity index (χ1n) is 10.1. The van der Waals surface area contributed by atoms with Crippen LogP contribution in [0.3, 0.4) is 0 Å². The van der Waals surface area contributed by atoms with Crippen LogP contribution in [0.5, 0.6) is 0 Å². The van der Waals surface area contributed by atoms with E-state index < -0.39 is 33.8 Å². The number of sulfonamides is 1. The van der Waals surface area contributed by atoms with Crippen molar-refractivity contribution in [3.05, 3.63) is 54.6 Å². The van der Waals surface area contributed by atoms with Crippen LogP contribution in [-0.2, 0) is 26.0 Å². The molecular formula is C20H28N6O4S. The van der Waals surface area contributed by atoms with E-state index in [9.17, 15) is 18.0 Å². The van der Waals surface area contributed by atoms with E-state index in [4.69, 9.17) is 5.73 Å². The third-order valence-corrected chi connectivity index (χ3v) is 7.27. The number of piperazine rings is 1. The minimum atomic E-state index is -3.69. The minimum Gasteiger partial charge on any atom is -0.368 e. The summed E-state index contributed by atoms with van der Waals surface area (Å²) in [5.41, 5.74) is 6.31. The van der Waals surface area contributed by atoms with Crippen LogP contribution >= 0.6 is 0 Å². The molecule has 31 heavy (non-hydrogen) atoms. The topological polar surface area (TPSA) is 131 Å². The summed E-state index contributed by atoms with van der Waals surface area (Å²) in [7, 11) is -3.69. The molecule has 168 valence electrons. The molecule has 2 aromatic rings. The van der Waals surface area contributed by atoms with Gasteiger partial charge in [0.15, 0.2) is 0 Å². The summed E-state index contributed by atoms with van der Waals surface area (Å²) >= 11 is 0. The van der Waals surface area contributed by atoms with Crippen molar-refractivity contribution >= 4 is 21.8 Å². The highest BCUT2D eigenvalue weighted by Gasteiger charge is 2.36. The maximum atomic E-state index is 13.6. The van der Waals surface area contributed by atoms with Crippen LogP contribution in [-0.4, -0.2) is 72.2 Å². The molecule has 1 aromatic carbocycles. The molecular weight excluding hydrogens is 420 g/mol. The zero-order chi connectivity index (χ0) is 22.4. The van der Waals surface area contributed by atoms with Crippen molar-refractivity contribution in [1.29, 1.82) is 0 Å². The number of primary amides is 1. The number of nitrogens with zero attached hydrogens (tertiary/aromatic N) is 4. The van der Waals surface area contributed by atoms with Crippen molar-refractivity contribution in [1.82, 2.24) is 19.3 Å². The van der Waals surface area contributed by atoms with E-state index in [2.05, 4.69) is 10.3 Å². The van der Waals surface area contributed by atoms with Gasteiger partial charge in [-0.1, -0.05) is 30.3 Å². The maximum Gasteiger partial charge on any atom is 0.246 e. The Morgan fingerprint density at radius 2 is 1.90 bits per heavy atom. The van der Waals surface area contributed by atoms with E-state index in [1.54, 1.807) is 0 Å². The molecule has 2 heterocycles. The Morgan fingerprint density at radius 3 is 2.48 bits per heavy atom. The Kier molecular flexibility index (Phi) is 7.42. The van der Waals surface area contributed by atoms with Gasteiger partial charge in [-0.3, -0.25) is 9.59 Å². The lowest BCUT2D eigenvalue weighted by atomic mass is 9.99. The second kappa shape index (κ2) is 10.0. The fourth-order valence-corrected chi connectivity index (χ4v) is 5.31. The van der Waals surface area contributed by atoms with Crippen LogP contribution in [0.1, 0.15) is 12.5 Å². The summed E-state index contributed by atoms with van der Waals surface area (Å²) in [6.45, 7) is 3.35. The molecule has 1 aliphatic heterocycles. The molecule has 3 N–H and O–H groups in total. The van der Waals surface area contributed by atoms with Gasteiger partial charge in [-0.2, -0.15) is 4.31 Å². The first kappa shape index (κ1) is 22.9. The summed E-state index contributed by atoms with van der Waals surface area (Å²) in [5, 5.41) is 4.30. The van der Waals surface area contributed by atoms with Crippen molar-refractivity contribution in [3.63, 3.8) is 0 Å². The van der Waals surface area contributed by atoms with Gasteiger partial charge >= 0.3 is 0 Å². The number of nitrogens with one attached hydrogen (secondary N) is 1. The zero-order valence-electron chi connectivity index (χ0n) is 17.4. The molecule has 2 amide bonds. The average Bonchev–Trinajstić information content (AvgIpc) is 3.29. The number of rotatable bonds is 9. The van der Waals surface area contributed by atoms with Gasteiger partial charge in [-0.05, 0) is 18.9 Å². The highest BCUT2D eigenvalue weighted by atomic mass is 32.2. The number of carbonyl (C=O) groups is 2. The smallest absolute Gasteiger partial charge is 0.246 e. The lowest BCUT2D eigenvalue weighted by Crippen LogP contribution is -2.56. The zero-order valence-corrected chi connectivity index (χ0v) is 18.2. The Hall–Kier alpha value is -2.76. The third kappa shape index (κ3) is 5.69.